The fourth-order valence-corrected chi connectivity index (χ4v) is 5.73. The second-order valence-corrected chi connectivity index (χ2v) is 13.2. The summed E-state index contributed by atoms with van der Waals surface area (Å²) in [6.45, 7) is 6.17. The topological polar surface area (TPSA) is 57.9 Å². The third-order valence-corrected chi connectivity index (χ3v) is 7.52. The number of nitriles is 1. The van der Waals surface area contributed by atoms with Gasteiger partial charge in [0.1, 0.15) is 17.4 Å². The number of hydrogen-bond acceptors (Lipinski definition) is 3. The highest BCUT2D eigenvalue weighted by Gasteiger charge is 2.29. The number of terminal acetylenes is 1. The molecule has 3 nitrogen and oxygen atoms in total. The molecule has 0 amide bonds. The summed E-state index contributed by atoms with van der Waals surface area (Å²) in [5.41, 5.74) is -0.205. The van der Waals surface area contributed by atoms with Crippen molar-refractivity contribution in [2.45, 2.75) is 29.4 Å². The molecular formula is C18H16FNO2SSi. The van der Waals surface area contributed by atoms with Crippen LogP contribution in [0.15, 0.2) is 46.2 Å². The quantitative estimate of drug-likeness (QED) is 0.627. The largest absolute Gasteiger partial charge is 0.218 e. The maximum atomic E-state index is 13.8. The van der Waals surface area contributed by atoms with Gasteiger partial charge in [0.25, 0.3) is 0 Å². The maximum absolute atomic E-state index is 13.8. The van der Waals surface area contributed by atoms with Crippen LogP contribution in [-0.2, 0) is 9.84 Å². The van der Waals surface area contributed by atoms with Gasteiger partial charge in [-0.3, -0.25) is 0 Å². The highest BCUT2D eigenvalue weighted by atomic mass is 32.2. The molecule has 0 unspecified atom stereocenters. The zero-order valence-electron chi connectivity index (χ0n) is 13.6. The standard InChI is InChI=1S/C18H16FNO2SSi/c1-5-13-16(10-7-11-18(13)24(2,3)4)23(21,22)17-9-6-8-15(19)14(17)12-20/h1,6-11H,2-4H3. The molecule has 0 saturated heterocycles. The summed E-state index contributed by atoms with van der Waals surface area (Å²) in [6.07, 6.45) is 5.59. The summed E-state index contributed by atoms with van der Waals surface area (Å²) >= 11 is 0. The second kappa shape index (κ2) is 6.24. The Labute approximate surface area is 142 Å². The van der Waals surface area contributed by atoms with Crippen LogP contribution >= 0.6 is 0 Å². The van der Waals surface area contributed by atoms with E-state index in [2.05, 4.69) is 25.6 Å². The van der Waals surface area contributed by atoms with Crippen molar-refractivity contribution in [3.63, 3.8) is 0 Å². The van der Waals surface area contributed by atoms with Gasteiger partial charge in [0.2, 0.25) is 9.84 Å². The first kappa shape index (κ1) is 17.9. The summed E-state index contributed by atoms with van der Waals surface area (Å²) in [5, 5.41) is 9.97. The lowest BCUT2D eigenvalue weighted by Crippen LogP contribution is -2.40. The number of halogens is 1. The monoisotopic (exact) mass is 357 g/mol. The van der Waals surface area contributed by atoms with Crippen molar-refractivity contribution in [2.24, 2.45) is 0 Å². The average molecular weight is 357 g/mol. The molecule has 0 heterocycles. The summed E-state index contributed by atoms with van der Waals surface area (Å²) in [6, 6.07) is 10.0. The molecule has 0 bridgehead atoms. The van der Waals surface area contributed by atoms with Gasteiger partial charge >= 0.3 is 0 Å². The van der Waals surface area contributed by atoms with Crippen molar-refractivity contribution >= 4 is 23.1 Å². The number of hydrogen-bond donors (Lipinski definition) is 0. The Bertz CT molecular complexity index is 993. The predicted octanol–water partition coefficient (Wildman–Crippen LogP) is 3.06. The lowest BCUT2D eigenvalue weighted by Gasteiger charge is -2.21. The molecule has 24 heavy (non-hydrogen) atoms. The molecule has 122 valence electrons. The fourth-order valence-electron chi connectivity index (χ4n) is 2.48. The molecule has 0 aromatic heterocycles. The second-order valence-electron chi connectivity index (χ2n) is 6.30. The van der Waals surface area contributed by atoms with Crippen LogP contribution in [-0.4, -0.2) is 16.5 Å². The zero-order valence-corrected chi connectivity index (χ0v) is 15.4. The van der Waals surface area contributed by atoms with Crippen LogP contribution in [0, 0.1) is 29.5 Å². The van der Waals surface area contributed by atoms with Gasteiger partial charge in [0.15, 0.2) is 0 Å². The van der Waals surface area contributed by atoms with E-state index in [9.17, 15) is 12.8 Å². The summed E-state index contributed by atoms with van der Waals surface area (Å²) in [5.74, 6) is 1.60. The van der Waals surface area contributed by atoms with Gasteiger partial charge < -0.3 is 0 Å². The van der Waals surface area contributed by atoms with Crippen LogP contribution in [0.25, 0.3) is 0 Å². The Morgan fingerprint density at radius 2 is 1.58 bits per heavy atom. The van der Waals surface area contributed by atoms with E-state index in [4.69, 9.17) is 11.7 Å². The van der Waals surface area contributed by atoms with Crippen LogP contribution < -0.4 is 5.19 Å². The Morgan fingerprint density at radius 1 is 1.04 bits per heavy atom. The third-order valence-electron chi connectivity index (χ3n) is 3.64. The van der Waals surface area contributed by atoms with E-state index in [0.717, 1.165) is 11.3 Å². The van der Waals surface area contributed by atoms with E-state index in [1.54, 1.807) is 12.1 Å². The number of benzene rings is 2. The Hall–Kier alpha value is -2.41. The van der Waals surface area contributed by atoms with Gasteiger partial charge in [-0.1, -0.05) is 43.8 Å². The van der Waals surface area contributed by atoms with Crippen LogP contribution in [0.2, 0.25) is 19.6 Å². The van der Waals surface area contributed by atoms with E-state index in [-0.39, 0.29) is 9.79 Å². The van der Waals surface area contributed by atoms with Crippen molar-refractivity contribution in [3.8, 4) is 18.4 Å². The van der Waals surface area contributed by atoms with Crippen molar-refractivity contribution in [2.75, 3.05) is 0 Å². The molecule has 2 aromatic carbocycles. The normalized spacial score (nSPS) is 11.6. The number of sulfone groups is 1. The third kappa shape index (κ3) is 2.99. The van der Waals surface area contributed by atoms with E-state index in [0.29, 0.717) is 5.56 Å². The lowest BCUT2D eigenvalue weighted by atomic mass is 10.2. The zero-order chi connectivity index (χ0) is 18.1. The molecule has 2 rings (SSSR count). The van der Waals surface area contributed by atoms with Gasteiger partial charge in [0.05, 0.1) is 17.9 Å². The molecule has 2 aromatic rings. The fraction of sp³-hybridized carbons (Fsp3) is 0.167. The molecule has 0 spiro atoms. The highest BCUT2D eigenvalue weighted by molar-refractivity contribution is 7.91. The minimum atomic E-state index is -4.11. The first-order valence-electron chi connectivity index (χ1n) is 7.18. The van der Waals surface area contributed by atoms with Crippen molar-refractivity contribution < 1.29 is 12.8 Å². The Morgan fingerprint density at radius 3 is 2.08 bits per heavy atom. The van der Waals surface area contributed by atoms with Gasteiger partial charge in [-0.25, -0.2) is 12.8 Å². The van der Waals surface area contributed by atoms with Crippen molar-refractivity contribution in [1.82, 2.24) is 0 Å². The molecule has 0 atom stereocenters. The Kier molecular flexibility index (Phi) is 4.66. The minimum Gasteiger partial charge on any atom is -0.218 e. The van der Waals surface area contributed by atoms with Crippen molar-refractivity contribution in [1.29, 1.82) is 5.26 Å². The molecule has 0 aliphatic heterocycles. The lowest BCUT2D eigenvalue weighted by molar-refractivity contribution is 0.589. The number of nitrogens with zero attached hydrogens (tertiary/aromatic N) is 1. The first-order valence-corrected chi connectivity index (χ1v) is 12.2. The van der Waals surface area contributed by atoms with Crippen LogP contribution in [0.5, 0.6) is 0 Å². The SMILES string of the molecule is C#Cc1c([Si](C)(C)C)cccc1S(=O)(=O)c1cccc(F)c1C#N. The summed E-state index contributed by atoms with van der Waals surface area (Å²) in [4.78, 5) is -0.429. The van der Waals surface area contributed by atoms with E-state index < -0.39 is 29.3 Å². The van der Waals surface area contributed by atoms with E-state index >= 15 is 0 Å². The molecule has 0 saturated carbocycles. The van der Waals surface area contributed by atoms with Crippen LogP contribution in [0.1, 0.15) is 11.1 Å². The van der Waals surface area contributed by atoms with Gasteiger partial charge in [-0.2, -0.15) is 5.26 Å². The smallest absolute Gasteiger partial charge is 0.209 e. The highest BCUT2D eigenvalue weighted by Crippen LogP contribution is 2.27. The van der Waals surface area contributed by atoms with E-state index in [1.165, 1.54) is 18.2 Å². The number of rotatable bonds is 3. The molecule has 0 fully saturated rings. The Balaban J connectivity index is 2.86. The maximum Gasteiger partial charge on any atom is 0.209 e. The van der Waals surface area contributed by atoms with Gasteiger partial charge in [-0.15, -0.1) is 6.42 Å². The summed E-state index contributed by atoms with van der Waals surface area (Å²) < 4.78 is 39.9. The van der Waals surface area contributed by atoms with Crippen LogP contribution in [0.4, 0.5) is 4.39 Å². The van der Waals surface area contributed by atoms with Crippen LogP contribution in [0.3, 0.4) is 0 Å². The van der Waals surface area contributed by atoms with E-state index in [1.807, 2.05) is 6.07 Å². The molecular weight excluding hydrogens is 341 g/mol. The molecule has 0 aliphatic carbocycles. The van der Waals surface area contributed by atoms with Crippen molar-refractivity contribution in [3.05, 3.63) is 53.3 Å². The van der Waals surface area contributed by atoms with Gasteiger partial charge in [-0.05, 0) is 23.4 Å². The first-order chi connectivity index (χ1) is 11.1. The van der Waals surface area contributed by atoms with Gasteiger partial charge in [0, 0.05) is 5.56 Å². The minimum absolute atomic E-state index is 0.0629. The summed E-state index contributed by atoms with van der Waals surface area (Å²) in [7, 11) is -6.00. The molecule has 0 N–H and O–H groups in total. The molecule has 6 heteroatoms. The molecule has 0 radical (unpaired) electrons. The average Bonchev–Trinajstić information content (AvgIpc) is 2.52. The molecule has 0 aliphatic rings. The predicted molar refractivity (Wildman–Crippen MR) is 93.9 cm³/mol.